The van der Waals surface area contributed by atoms with Gasteiger partial charge < -0.3 is 10.1 Å². The summed E-state index contributed by atoms with van der Waals surface area (Å²) in [5, 5.41) is 3.80. The number of nitrogens with one attached hydrogen (secondary N) is 1. The average molecular weight is 261 g/mol. The number of hydrogen-bond acceptors (Lipinski definition) is 2. The predicted octanol–water partition coefficient (Wildman–Crippen LogP) is 4.17. The van der Waals surface area contributed by atoms with Crippen molar-refractivity contribution in [1.82, 2.24) is 5.32 Å². The molecule has 1 fully saturated rings. The van der Waals surface area contributed by atoms with Crippen LogP contribution < -0.4 is 10.1 Å². The van der Waals surface area contributed by atoms with Crippen molar-refractivity contribution in [3.63, 3.8) is 0 Å². The molecule has 0 saturated heterocycles. The third kappa shape index (κ3) is 3.50. The molecule has 1 aromatic carbocycles. The molecule has 1 saturated carbocycles. The van der Waals surface area contributed by atoms with E-state index in [2.05, 4.69) is 50.4 Å². The van der Waals surface area contributed by atoms with Crippen molar-refractivity contribution >= 4 is 0 Å². The summed E-state index contributed by atoms with van der Waals surface area (Å²) in [6.07, 6.45) is 3.81. The molecule has 0 radical (unpaired) electrons. The zero-order valence-electron chi connectivity index (χ0n) is 12.6. The third-order valence-corrected chi connectivity index (χ3v) is 4.48. The smallest absolute Gasteiger partial charge is 0.118 e. The van der Waals surface area contributed by atoms with Crippen LogP contribution >= 0.6 is 0 Å². The number of methoxy groups -OCH3 is 1. The Morgan fingerprint density at radius 2 is 1.84 bits per heavy atom. The van der Waals surface area contributed by atoms with Crippen LogP contribution in [-0.2, 0) is 0 Å². The lowest BCUT2D eigenvalue weighted by atomic mass is 9.73. The lowest BCUT2D eigenvalue weighted by Gasteiger charge is -2.40. The molecule has 1 aliphatic carbocycles. The molecular weight excluding hydrogens is 234 g/mol. The first-order valence-electron chi connectivity index (χ1n) is 7.54. The molecule has 19 heavy (non-hydrogen) atoms. The van der Waals surface area contributed by atoms with E-state index in [4.69, 9.17) is 4.74 Å². The zero-order chi connectivity index (χ0) is 13.8. The van der Waals surface area contributed by atoms with Gasteiger partial charge in [-0.2, -0.15) is 0 Å². The highest BCUT2D eigenvalue weighted by Gasteiger charge is 2.32. The fraction of sp³-hybridized carbons (Fsp3) is 0.647. The van der Waals surface area contributed by atoms with Gasteiger partial charge >= 0.3 is 0 Å². The molecule has 0 aromatic heterocycles. The van der Waals surface area contributed by atoms with Crippen molar-refractivity contribution in [2.24, 2.45) is 11.8 Å². The largest absolute Gasteiger partial charge is 0.497 e. The fourth-order valence-electron chi connectivity index (χ4n) is 2.91. The Bertz CT molecular complexity index is 379. The summed E-state index contributed by atoms with van der Waals surface area (Å²) in [6, 6.07) is 9.65. The minimum Gasteiger partial charge on any atom is -0.497 e. The molecule has 0 bridgehead atoms. The molecule has 2 heteroatoms. The molecule has 0 heterocycles. The molecule has 106 valence electrons. The van der Waals surface area contributed by atoms with Crippen molar-refractivity contribution in [3.05, 3.63) is 29.8 Å². The van der Waals surface area contributed by atoms with Gasteiger partial charge in [-0.1, -0.05) is 32.9 Å². The van der Waals surface area contributed by atoms with Gasteiger partial charge in [0, 0.05) is 12.1 Å². The zero-order valence-corrected chi connectivity index (χ0v) is 12.6. The summed E-state index contributed by atoms with van der Waals surface area (Å²) >= 11 is 0. The van der Waals surface area contributed by atoms with Crippen LogP contribution in [0.3, 0.4) is 0 Å². The summed E-state index contributed by atoms with van der Waals surface area (Å²) < 4.78 is 5.22. The van der Waals surface area contributed by atoms with Crippen LogP contribution in [0.4, 0.5) is 0 Å². The Hall–Kier alpha value is -1.02. The number of hydrogen-bond donors (Lipinski definition) is 1. The quantitative estimate of drug-likeness (QED) is 0.830. The maximum atomic E-state index is 5.22. The van der Waals surface area contributed by atoms with E-state index >= 15 is 0 Å². The van der Waals surface area contributed by atoms with E-state index in [1.54, 1.807) is 7.11 Å². The first-order chi connectivity index (χ1) is 9.13. The van der Waals surface area contributed by atoms with Crippen molar-refractivity contribution in [1.29, 1.82) is 0 Å². The van der Waals surface area contributed by atoms with Crippen LogP contribution in [0.15, 0.2) is 24.3 Å². The van der Waals surface area contributed by atoms with E-state index in [1.165, 1.54) is 18.4 Å². The second-order valence-corrected chi connectivity index (χ2v) is 6.07. The van der Waals surface area contributed by atoms with Gasteiger partial charge in [-0.15, -0.1) is 0 Å². The van der Waals surface area contributed by atoms with Crippen molar-refractivity contribution in [2.45, 2.75) is 52.1 Å². The first kappa shape index (κ1) is 14.4. The summed E-state index contributed by atoms with van der Waals surface area (Å²) in [6.45, 7) is 6.92. The van der Waals surface area contributed by atoms with E-state index < -0.39 is 0 Å². The van der Waals surface area contributed by atoms with Gasteiger partial charge in [0.1, 0.15) is 5.75 Å². The van der Waals surface area contributed by atoms with Crippen LogP contribution in [0.25, 0.3) is 0 Å². The van der Waals surface area contributed by atoms with Gasteiger partial charge in [0.05, 0.1) is 7.11 Å². The molecule has 1 aromatic rings. The Morgan fingerprint density at radius 1 is 1.21 bits per heavy atom. The van der Waals surface area contributed by atoms with E-state index in [0.29, 0.717) is 12.1 Å². The van der Waals surface area contributed by atoms with E-state index in [-0.39, 0.29) is 0 Å². The van der Waals surface area contributed by atoms with Gasteiger partial charge in [-0.25, -0.2) is 0 Å². The van der Waals surface area contributed by atoms with Crippen molar-refractivity contribution in [2.75, 3.05) is 7.11 Å². The van der Waals surface area contributed by atoms with Crippen LogP contribution in [0.1, 0.15) is 51.6 Å². The normalized spacial score (nSPS) is 24.1. The second-order valence-electron chi connectivity index (χ2n) is 6.07. The van der Waals surface area contributed by atoms with Crippen molar-refractivity contribution < 1.29 is 4.74 Å². The van der Waals surface area contributed by atoms with Gasteiger partial charge in [-0.05, 0) is 48.8 Å². The third-order valence-electron chi connectivity index (χ3n) is 4.48. The summed E-state index contributed by atoms with van der Waals surface area (Å²) in [4.78, 5) is 0. The first-order valence-corrected chi connectivity index (χ1v) is 7.54. The van der Waals surface area contributed by atoms with Gasteiger partial charge in [0.25, 0.3) is 0 Å². The molecule has 2 rings (SSSR count). The maximum absolute atomic E-state index is 5.22. The van der Waals surface area contributed by atoms with Crippen LogP contribution in [-0.4, -0.2) is 13.2 Å². The lowest BCUT2D eigenvalue weighted by molar-refractivity contribution is 0.156. The van der Waals surface area contributed by atoms with E-state index in [1.807, 2.05) is 0 Å². The highest BCUT2D eigenvalue weighted by Crippen LogP contribution is 2.35. The molecule has 0 aliphatic heterocycles. The van der Waals surface area contributed by atoms with Gasteiger partial charge in [0.2, 0.25) is 0 Å². The second kappa shape index (κ2) is 6.42. The summed E-state index contributed by atoms with van der Waals surface area (Å²) in [5.41, 5.74) is 1.37. The van der Waals surface area contributed by atoms with Crippen LogP contribution in [0.5, 0.6) is 5.75 Å². The Labute approximate surface area is 117 Å². The minimum absolute atomic E-state index is 0.476. The van der Waals surface area contributed by atoms with Crippen LogP contribution in [0.2, 0.25) is 0 Å². The fourth-order valence-corrected chi connectivity index (χ4v) is 2.91. The molecule has 1 N–H and O–H groups in total. The standard InChI is InChI=1S/C17H27NO/c1-5-17(13-6-8-16(19-4)9-7-13)18-15-10-14(11-15)12(2)3/h6-9,12,14-15,17-18H,5,10-11H2,1-4H3. The SMILES string of the molecule is CCC(NC1CC(C(C)C)C1)c1ccc(OC)cc1. The molecule has 1 aliphatic rings. The average Bonchev–Trinajstić information content (AvgIpc) is 2.37. The highest BCUT2D eigenvalue weighted by atomic mass is 16.5. The van der Waals surface area contributed by atoms with Gasteiger partial charge in [-0.3, -0.25) is 0 Å². The Morgan fingerprint density at radius 3 is 2.32 bits per heavy atom. The highest BCUT2D eigenvalue weighted by molar-refractivity contribution is 5.29. The van der Waals surface area contributed by atoms with E-state index in [9.17, 15) is 0 Å². The molecule has 0 spiro atoms. The topological polar surface area (TPSA) is 21.3 Å². The maximum Gasteiger partial charge on any atom is 0.118 e. The molecule has 2 nitrogen and oxygen atoms in total. The summed E-state index contributed by atoms with van der Waals surface area (Å²) in [5.74, 6) is 2.69. The predicted molar refractivity (Wildman–Crippen MR) is 80.5 cm³/mol. The van der Waals surface area contributed by atoms with E-state index in [0.717, 1.165) is 24.0 Å². The van der Waals surface area contributed by atoms with Crippen LogP contribution in [0, 0.1) is 11.8 Å². The molecule has 0 amide bonds. The number of rotatable bonds is 6. The Kier molecular flexibility index (Phi) is 4.87. The minimum atomic E-state index is 0.476. The molecule has 1 unspecified atom stereocenters. The van der Waals surface area contributed by atoms with Crippen molar-refractivity contribution in [3.8, 4) is 5.75 Å². The number of ether oxygens (including phenoxy) is 1. The molecular formula is C17H27NO. The Balaban J connectivity index is 1.89. The van der Waals surface area contributed by atoms with Gasteiger partial charge in [0.15, 0.2) is 0 Å². The summed E-state index contributed by atoms with van der Waals surface area (Å²) in [7, 11) is 1.71. The molecule has 1 atom stereocenters. The number of benzene rings is 1. The lowest BCUT2D eigenvalue weighted by Crippen LogP contribution is -2.44. The monoisotopic (exact) mass is 261 g/mol.